The molecule has 0 spiro atoms. The van der Waals surface area contributed by atoms with Crippen molar-refractivity contribution in [3.05, 3.63) is 90.0 Å². The van der Waals surface area contributed by atoms with Crippen molar-refractivity contribution in [2.75, 3.05) is 12.0 Å². The Labute approximate surface area is 164 Å². The van der Waals surface area contributed by atoms with Crippen molar-refractivity contribution in [2.45, 2.75) is 23.1 Å². The zero-order valence-electron chi connectivity index (χ0n) is 15.2. The van der Waals surface area contributed by atoms with Gasteiger partial charge in [-0.25, -0.2) is 0 Å². The van der Waals surface area contributed by atoms with Crippen molar-refractivity contribution in [1.82, 2.24) is 0 Å². The Morgan fingerprint density at radius 1 is 0.963 bits per heavy atom. The molecule has 0 fully saturated rings. The van der Waals surface area contributed by atoms with Crippen LogP contribution in [0.4, 0.5) is 5.69 Å². The lowest BCUT2D eigenvalue weighted by molar-refractivity contribution is -0.118. The van der Waals surface area contributed by atoms with Crippen LogP contribution in [0.15, 0.2) is 83.8 Å². The normalized spacial score (nSPS) is 16.6. The second kappa shape index (κ2) is 7.89. The summed E-state index contributed by atoms with van der Waals surface area (Å²) in [4.78, 5) is 16.2. The van der Waals surface area contributed by atoms with Crippen LogP contribution < -0.4 is 9.64 Å². The van der Waals surface area contributed by atoms with Crippen molar-refractivity contribution >= 4 is 23.4 Å². The van der Waals surface area contributed by atoms with Crippen LogP contribution >= 0.6 is 11.8 Å². The molecule has 27 heavy (non-hydrogen) atoms. The van der Waals surface area contributed by atoms with Gasteiger partial charge in [0.25, 0.3) is 0 Å². The Hall–Kier alpha value is -2.72. The number of amides is 1. The molecule has 1 aliphatic rings. The van der Waals surface area contributed by atoms with Gasteiger partial charge in [-0.15, -0.1) is 11.8 Å². The van der Waals surface area contributed by atoms with Gasteiger partial charge in [0, 0.05) is 16.6 Å². The number of fused-ring (bicyclic) bond motifs is 1. The van der Waals surface area contributed by atoms with Crippen molar-refractivity contribution in [3.63, 3.8) is 0 Å². The molecule has 0 saturated carbocycles. The highest BCUT2D eigenvalue weighted by Gasteiger charge is 2.29. The number of carbonyl (C=O) groups is 1. The molecule has 1 atom stereocenters. The quantitative estimate of drug-likeness (QED) is 0.606. The van der Waals surface area contributed by atoms with E-state index in [1.807, 2.05) is 53.4 Å². The first-order chi connectivity index (χ1) is 13.2. The van der Waals surface area contributed by atoms with Crippen molar-refractivity contribution in [3.8, 4) is 5.75 Å². The molecular formula is C23H21NO2S. The molecule has 1 heterocycles. The monoisotopic (exact) mass is 375 g/mol. The number of ether oxygens (including phenoxy) is 1. The highest BCUT2D eigenvalue weighted by Crippen LogP contribution is 2.46. The average Bonchev–Trinajstić information content (AvgIpc) is 2.86. The SMILES string of the molecule is COc1ccc([C@@H]2CC(=O)N(Cc3ccccc3)c3ccccc3S2)cc1. The summed E-state index contributed by atoms with van der Waals surface area (Å²) >= 11 is 1.76. The minimum atomic E-state index is 0.0883. The van der Waals surface area contributed by atoms with Crippen LogP contribution in [0.3, 0.4) is 0 Å². The minimum absolute atomic E-state index is 0.0883. The lowest BCUT2D eigenvalue weighted by Gasteiger charge is -2.22. The van der Waals surface area contributed by atoms with E-state index in [9.17, 15) is 4.79 Å². The number of para-hydroxylation sites is 1. The number of benzene rings is 3. The maximum absolute atomic E-state index is 13.2. The highest BCUT2D eigenvalue weighted by atomic mass is 32.2. The van der Waals surface area contributed by atoms with Gasteiger partial charge in [0.1, 0.15) is 5.75 Å². The summed E-state index contributed by atoms with van der Waals surface area (Å²) in [6, 6.07) is 26.4. The lowest BCUT2D eigenvalue weighted by Crippen LogP contribution is -2.30. The molecule has 0 unspecified atom stereocenters. The van der Waals surface area contributed by atoms with Crippen LogP contribution in [-0.2, 0) is 11.3 Å². The third-order valence-corrected chi connectivity index (χ3v) is 6.08. The van der Waals surface area contributed by atoms with Gasteiger partial charge in [0.05, 0.1) is 19.3 Å². The summed E-state index contributed by atoms with van der Waals surface area (Å²) < 4.78 is 5.26. The van der Waals surface area contributed by atoms with Gasteiger partial charge < -0.3 is 9.64 Å². The molecule has 136 valence electrons. The molecule has 0 saturated heterocycles. The zero-order chi connectivity index (χ0) is 18.6. The molecule has 1 aliphatic heterocycles. The maximum atomic E-state index is 13.2. The maximum Gasteiger partial charge on any atom is 0.228 e. The van der Waals surface area contributed by atoms with E-state index in [1.165, 1.54) is 0 Å². The third-order valence-electron chi connectivity index (χ3n) is 4.76. The number of nitrogens with zero attached hydrogens (tertiary/aromatic N) is 1. The van der Waals surface area contributed by atoms with Crippen LogP contribution in [0, 0.1) is 0 Å². The first-order valence-corrected chi connectivity index (χ1v) is 9.86. The first-order valence-electron chi connectivity index (χ1n) is 8.98. The van der Waals surface area contributed by atoms with Crippen molar-refractivity contribution < 1.29 is 9.53 Å². The molecule has 0 radical (unpaired) electrons. The predicted molar refractivity (Wildman–Crippen MR) is 110 cm³/mol. The molecule has 3 aromatic rings. The fraction of sp³-hybridized carbons (Fsp3) is 0.174. The first kappa shape index (κ1) is 17.7. The number of hydrogen-bond donors (Lipinski definition) is 0. The largest absolute Gasteiger partial charge is 0.497 e. The number of rotatable bonds is 4. The van der Waals surface area contributed by atoms with Crippen molar-refractivity contribution in [1.29, 1.82) is 0 Å². The average molecular weight is 375 g/mol. The second-order valence-electron chi connectivity index (χ2n) is 6.52. The fourth-order valence-corrected chi connectivity index (χ4v) is 4.60. The van der Waals surface area contributed by atoms with Gasteiger partial charge in [0.2, 0.25) is 5.91 Å². The van der Waals surface area contributed by atoms with Gasteiger partial charge in [-0.1, -0.05) is 54.6 Å². The topological polar surface area (TPSA) is 29.5 Å². The van der Waals surface area contributed by atoms with Crippen LogP contribution in [0.25, 0.3) is 0 Å². The van der Waals surface area contributed by atoms with E-state index in [2.05, 4.69) is 30.3 Å². The van der Waals surface area contributed by atoms with E-state index in [-0.39, 0.29) is 11.2 Å². The number of methoxy groups -OCH3 is 1. The Balaban J connectivity index is 1.67. The van der Waals surface area contributed by atoms with Gasteiger partial charge in [0.15, 0.2) is 0 Å². The molecule has 1 amide bonds. The van der Waals surface area contributed by atoms with Crippen LogP contribution in [0.2, 0.25) is 0 Å². The number of hydrogen-bond acceptors (Lipinski definition) is 3. The fourth-order valence-electron chi connectivity index (χ4n) is 3.32. The van der Waals surface area contributed by atoms with E-state index in [0.29, 0.717) is 13.0 Å². The Bertz CT molecular complexity index is 925. The molecule has 3 aromatic carbocycles. The van der Waals surface area contributed by atoms with E-state index in [4.69, 9.17) is 4.74 Å². The van der Waals surface area contributed by atoms with Gasteiger partial charge in [-0.3, -0.25) is 4.79 Å². The van der Waals surface area contributed by atoms with Crippen molar-refractivity contribution in [2.24, 2.45) is 0 Å². The van der Waals surface area contributed by atoms with Crippen LogP contribution in [0.5, 0.6) is 5.75 Å². The van der Waals surface area contributed by atoms with E-state index in [0.717, 1.165) is 27.5 Å². The summed E-state index contributed by atoms with van der Waals surface area (Å²) in [6.07, 6.45) is 0.471. The van der Waals surface area contributed by atoms with Gasteiger partial charge >= 0.3 is 0 Å². The number of carbonyl (C=O) groups excluding carboxylic acids is 1. The zero-order valence-corrected chi connectivity index (χ0v) is 16.0. The molecule has 0 aliphatic carbocycles. The van der Waals surface area contributed by atoms with Gasteiger partial charge in [-0.2, -0.15) is 0 Å². The lowest BCUT2D eigenvalue weighted by atomic mass is 10.1. The summed E-state index contributed by atoms with van der Waals surface area (Å²) in [5.74, 6) is 0.979. The van der Waals surface area contributed by atoms with Crippen LogP contribution in [-0.4, -0.2) is 13.0 Å². The summed E-state index contributed by atoms with van der Waals surface area (Å²) in [5.41, 5.74) is 3.27. The Kier molecular flexibility index (Phi) is 5.16. The van der Waals surface area contributed by atoms with E-state index < -0.39 is 0 Å². The predicted octanol–water partition coefficient (Wildman–Crippen LogP) is 5.47. The number of anilines is 1. The standard InChI is InChI=1S/C23H21NO2S/c1-26-19-13-11-18(12-14-19)22-15-23(25)24(16-17-7-3-2-4-8-17)20-9-5-6-10-21(20)27-22/h2-14,22H,15-16H2,1H3/t22-/m0/s1. The molecule has 4 heteroatoms. The Morgan fingerprint density at radius 2 is 1.67 bits per heavy atom. The highest BCUT2D eigenvalue weighted by molar-refractivity contribution is 7.99. The van der Waals surface area contributed by atoms with Crippen LogP contribution in [0.1, 0.15) is 22.8 Å². The minimum Gasteiger partial charge on any atom is -0.497 e. The molecule has 0 bridgehead atoms. The number of thioether (sulfide) groups is 1. The summed E-state index contributed by atoms with van der Waals surface area (Å²) in [6.45, 7) is 0.590. The van der Waals surface area contributed by atoms with Gasteiger partial charge in [-0.05, 0) is 35.4 Å². The smallest absolute Gasteiger partial charge is 0.228 e. The second-order valence-corrected chi connectivity index (χ2v) is 7.76. The Morgan fingerprint density at radius 3 is 2.41 bits per heavy atom. The van der Waals surface area contributed by atoms with E-state index in [1.54, 1.807) is 18.9 Å². The molecule has 3 nitrogen and oxygen atoms in total. The summed E-state index contributed by atoms with van der Waals surface area (Å²) in [5, 5.41) is 0.0883. The summed E-state index contributed by atoms with van der Waals surface area (Å²) in [7, 11) is 1.66. The molecular weight excluding hydrogens is 354 g/mol. The third kappa shape index (κ3) is 3.86. The molecule has 4 rings (SSSR count). The molecule has 0 aromatic heterocycles. The van der Waals surface area contributed by atoms with E-state index >= 15 is 0 Å². The molecule has 0 N–H and O–H groups in total.